The number of amides is 3. The summed E-state index contributed by atoms with van der Waals surface area (Å²) in [5, 5.41) is 32.0. The maximum Gasteiger partial charge on any atom is 0.407 e. The summed E-state index contributed by atoms with van der Waals surface area (Å²) in [5.74, 6) is -0.324. The second-order valence-electron chi connectivity index (χ2n) is 15.0. The van der Waals surface area contributed by atoms with Crippen molar-refractivity contribution in [3.05, 3.63) is 83.9 Å². The number of carbonyl (C=O) groups is 3. The van der Waals surface area contributed by atoms with Crippen LogP contribution in [0, 0.1) is 23.7 Å². The molecule has 1 fully saturated rings. The van der Waals surface area contributed by atoms with E-state index in [1.165, 1.54) is 6.42 Å². The lowest BCUT2D eigenvalue weighted by molar-refractivity contribution is -0.128. The van der Waals surface area contributed by atoms with Gasteiger partial charge in [0.15, 0.2) is 0 Å². The van der Waals surface area contributed by atoms with Crippen molar-refractivity contribution >= 4 is 17.9 Å². The minimum absolute atomic E-state index is 0.0488. The van der Waals surface area contributed by atoms with Gasteiger partial charge in [0.2, 0.25) is 11.8 Å². The van der Waals surface area contributed by atoms with Gasteiger partial charge >= 0.3 is 6.09 Å². The van der Waals surface area contributed by atoms with Crippen LogP contribution in [0.4, 0.5) is 4.79 Å². The van der Waals surface area contributed by atoms with Gasteiger partial charge in [-0.25, -0.2) is 4.79 Å². The number of alkyl carbamates (subject to hydrolysis) is 1. The standard InChI is InChI=1S/C41H61N3O6/c1-28(2)21-34(25-38(46)36(24-32-17-11-7-12-18-32)44-41(49)50-27-33-19-13-8-14-20-33)40(48)43-35(23-31-15-9-6-10-16-31)37(45)22-30(5)39(47)42-26-29(3)4/h7-8,11-14,17-20,28-29,31,34-38,45-46H,5-6,9-10,15-16,21-27H2,1-4H3,(H,42,47)(H,43,48)(H,44,49)/t34-,35+,36+,37+,38-/m1/s1. The van der Waals surface area contributed by atoms with Crippen LogP contribution in [-0.2, 0) is 27.4 Å². The highest BCUT2D eigenvalue weighted by Crippen LogP contribution is 2.29. The van der Waals surface area contributed by atoms with E-state index >= 15 is 0 Å². The second kappa shape index (κ2) is 21.5. The van der Waals surface area contributed by atoms with Crippen LogP contribution < -0.4 is 16.0 Å². The molecule has 0 spiro atoms. The summed E-state index contributed by atoms with van der Waals surface area (Å²) < 4.78 is 5.49. The normalized spacial score (nSPS) is 16.6. The molecule has 0 unspecified atom stereocenters. The molecule has 2 aromatic rings. The Morgan fingerprint density at radius 3 is 2.02 bits per heavy atom. The van der Waals surface area contributed by atoms with E-state index < -0.39 is 36.3 Å². The maximum atomic E-state index is 14.1. The lowest BCUT2D eigenvalue weighted by Crippen LogP contribution is -2.50. The number of hydrogen-bond acceptors (Lipinski definition) is 6. The first kappa shape index (κ1) is 40.7. The van der Waals surface area contributed by atoms with Crippen molar-refractivity contribution in [1.82, 2.24) is 16.0 Å². The van der Waals surface area contributed by atoms with Crippen LogP contribution in [0.15, 0.2) is 72.8 Å². The first-order chi connectivity index (χ1) is 23.9. The number of benzene rings is 2. The van der Waals surface area contributed by atoms with E-state index in [0.717, 1.165) is 36.8 Å². The molecule has 1 aliphatic rings. The molecule has 276 valence electrons. The fraction of sp³-hybridized carbons (Fsp3) is 0.585. The molecule has 0 heterocycles. The topological polar surface area (TPSA) is 137 Å². The molecule has 3 rings (SSSR count). The summed E-state index contributed by atoms with van der Waals surface area (Å²) in [6.07, 6.45) is 4.44. The molecule has 0 radical (unpaired) electrons. The molecule has 0 saturated heterocycles. The zero-order valence-electron chi connectivity index (χ0n) is 30.6. The predicted octanol–water partition coefficient (Wildman–Crippen LogP) is 6.47. The molecular weight excluding hydrogens is 630 g/mol. The van der Waals surface area contributed by atoms with Crippen molar-refractivity contribution in [2.75, 3.05) is 6.54 Å². The number of nitrogens with one attached hydrogen (secondary N) is 3. The Kier molecular flexibility index (Phi) is 17.5. The Labute approximate surface area is 299 Å². The molecule has 5 atom stereocenters. The highest BCUT2D eigenvalue weighted by Gasteiger charge is 2.33. The van der Waals surface area contributed by atoms with Crippen molar-refractivity contribution in [2.24, 2.45) is 23.7 Å². The van der Waals surface area contributed by atoms with E-state index in [1.54, 1.807) is 0 Å². The highest BCUT2D eigenvalue weighted by molar-refractivity contribution is 5.92. The first-order valence-corrected chi connectivity index (χ1v) is 18.5. The smallest absolute Gasteiger partial charge is 0.407 e. The second-order valence-corrected chi connectivity index (χ2v) is 15.0. The van der Waals surface area contributed by atoms with Crippen molar-refractivity contribution in [1.29, 1.82) is 0 Å². The average molecular weight is 692 g/mol. The van der Waals surface area contributed by atoms with E-state index in [1.807, 2.05) is 88.4 Å². The van der Waals surface area contributed by atoms with Crippen molar-refractivity contribution in [2.45, 2.75) is 123 Å². The van der Waals surface area contributed by atoms with Gasteiger partial charge in [0.25, 0.3) is 0 Å². The number of aliphatic hydroxyl groups is 2. The molecule has 2 aromatic carbocycles. The monoisotopic (exact) mass is 691 g/mol. The zero-order chi connectivity index (χ0) is 36.5. The number of hydrogen-bond donors (Lipinski definition) is 5. The van der Waals surface area contributed by atoms with Gasteiger partial charge in [-0.05, 0) is 54.6 Å². The molecule has 5 N–H and O–H groups in total. The third-order valence-corrected chi connectivity index (χ3v) is 9.48. The Morgan fingerprint density at radius 1 is 0.800 bits per heavy atom. The van der Waals surface area contributed by atoms with Crippen LogP contribution in [-0.4, -0.2) is 59.0 Å². The molecule has 3 amide bonds. The van der Waals surface area contributed by atoms with Crippen LogP contribution in [0.1, 0.15) is 96.6 Å². The molecular formula is C41H61N3O6. The van der Waals surface area contributed by atoms with E-state index in [2.05, 4.69) is 22.5 Å². The molecule has 1 saturated carbocycles. The third kappa shape index (κ3) is 15.1. The molecule has 50 heavy (non-hydrogen) atoms. The highest BCUT2D eigenvalue weighted by atomic mass is 16.5. The fourth-order valence-corrected chi connectivity index (χ4v) is 6.71. The predicted molar refractivity (Wildman–Crippen MR) is 198 cm³/mol. The molecule has 0 aliphatic heterocycles. The molecule has 0 bridgehead atoms. The van der Waals surface area contributed by atoms with Crippen LogP contribution in [0.2, 0.25) is 0 Å². The van der Waals surface area contributed by atoms with Crippen LogP contribution >= 0.6 is 0 Å². The Morgan fingerprint density at radius 2 is 1.42 bits per heavy atom. The fourth-order valence-electron chi connectivity index (χ4n) is 6.71. The summed E-state index contributed by atoms with van der Waals surface area (Å²) in [4.78, 5) is 39.7. The number of rotatable bonds is 20. The van der Waals surface area contributed by atoms with Gasteiger partial charge in [-0.3, -0.25) is 9.59 Å². The van der Waals surface area contributed by atoms with E-state index in [9.17, 15) is 24.6 Å². The SMILES string of the molecule is C=C(C[C@H](O)[C@H](CC1CCCCC1)NC(=O)[C@H](CC(C)C)C[C@@H](O)[C@H](Cc1ccccc1)NC(=O)OCc1ccccc1)C(=O)NCC(C)C. The minimum Gasteiger partial charge on any atom is -0.445 e. The zero-order valence-corrected chi connectivity index (χ0v) is 30.6. The largest absolute Gasteiger partial charge is 0.445 e. The summed E-state index contributed by atoms with van der Waals surface area (Å²) in [6, 6.07) is 17.7. The van der Waals surface area contributed by atoms with Gasteiger partial charge in [-0.1, -0.05) is 127 Å². The Bertz CT molecular complexity index is 1310. The minimum atomic E-state index is -1.06. The van der Waals surface area contributed by atoms with Crippen molar-refractivity contribution in [3.63, 3.8) is 0 Å². The average Bonchev–Trinajstić information content (AvgIpc) is 3.09. The van der Waals surface area contributed by atoms with Gasteiger partial charge in [0.1, 0.15) is 6.61 Å². The Balaban J connectivity index is 1.75. The summed E-state index contributed by atoms with van der Waals surface area (Å²) >= 11 is 0. The molecule has 9 heteroatoms. The summed E-state index contributed by atoms with van der Waals surface area (Å²) in [7, 11) is 0. The molecule has 9 nitrogen and oxygen atoms in total. The van der Waals surface area contributed by atoms with Gasteiger partial charge in [0.05, 0.1) is 24.3 Å². The summed E-state index contributed by atoms with van der Waals surface area (Å²) in [6.45, 7) is 12.6. The lowest BCUT2D eigenvalue weighted by atomic mass is 9.82. The van der Waals surface area contributed by atoms with Gasteiger partial charge in [0, 0.05) is 24.5 Å². The number of aliphatic hydroxyl groups excluding tert-OH is 2. The third-order valence-electron chi connectivity index (χ3n) is 9.48. The van der Waals surface area contributed by atoms with E-state index in [-0.39, 0.29) is 48.7 Å². The van der Waals surface area contributed by atoms with Crippen molar-refractivity contribution < 1.29 is 29.3 Å². The first-order valence-electron chi connectivity index (χ1n) is 18.5. The van der Waals surface area contributed by atoms with Crippen LogP contribution in [0.3, 0.4) is 0 Å². The molecule has 1 aliphatic carbocycles. The molecule has 0 aromatic heterocycles. The summed E-state index contributed by atoms with van der Waals surface area (Å²) in [5.41, 5.74) is 2.06. The number of carbonyl (C=O) groups excluding carboxylic acids is 3. The van der Waals surface area contributed by atoms with Gasteiger partial charge in [-0.2, -0.15) is 0 Å². The lowest BCUT2D eigenvalue weighted by Gasteiger charge is -2.33. The quantitative estimate of drug-likeness (QED) is 0.101. The maximum absolute atomic E-state index is 14.1. The van der Waals surface area contributed by atoms with Crippen LogP contribution in [0.25, 0.3) is 0 Å². The van der Waals surface area contributed by atoms with E-state index in [0.29, 0.717) is 31.7 Å². The van der Waals surface area contributed by atoms with Gasteiger partial charge in [-0.15, -0.1) is 0 Å². The number of ether oxygens (including phenoxy) is 1. The van der Waals surface area contributed by atoms with Crippen molar-refractivity contribution in [3.8, 4) is 0 Å². The van der Waals surface area contributed by atoms with Gasteiger partial charge < -0.3 is 30.9 Å². The van der Waals surface area contributed by atoms with Crippen LogP contribution in [0.5, 0.6) is 0 Å². The Hall–Kier alpha value is -3.69. The van der Waals surface area contributed by atoms with E-state index in [4.69, 9.17) is 4.74 Å².